The minimum absolute atomic E-state index is 0.185. The van der Waals surface area contributed by atoms with E-state index in [4.69, 9.17) is 11.0 Å². The third-order valence-electron chi connectivity index (χ3n) is 5.04. The second kappa shape index (κ2) is 9.92. The molecule has 0 fully saturated rings. The van der Waals surface area contributed by atoms with Crippen molar-refractivity contribution < 1.29 is 14.4 Å². The van der Waals surface area contributed by atoms with Gasteiger partial charge in [0.15, 0.2) is 0 Å². The van der Waals surface area contributed by atoms with Crippen LogP contribution in [0.3, 0.4) is 0 Å². The molecule has 0 saturated carbocycles. The molecule has 0 radical (unpaired) electrons. The summed E-state index contributed by atoms with van der Waals surface area (Å²) in [6, 6.07) is 17.0. The van der Waals surface area contributed by atoms with Gasteiger partial charge in [0.1, 0.15) is 0 Å². The summed E-state index contributed by atoms with van der Waals surface area (Å²) < 4.78 is 2.34. The molecule has 2 heterocycles. The zero-order chi connectivity index (χ0) is 25.1. The van der Waals surface area contributed by atoms with E-state index in [1.165, 1.54) is 27.0 Å². The van der Waals surface area contributed by atoms with Crippen molar-refractivity contribution in [3.8, 4) is 6.07 Å². The van der Waals surface area contributed by atoms with Crippen molar-refractivity contribution in [3.63, 3.8) is 0 Å². The van der Waals surface area contributed by atoms with E-state index in [1.54, 1.807) is 61.6 Å². The number of thiophene rings is 1. The minimum Gasteiger partial charge on any atom is -0.366 e. The van der Waals surface area contributed by atoms with Gasteiger partial charge in [0.2, 0.25) is 11.9 Å². The summed E-state index contributed by atoms with van der Waals surface area (Å²) in [4.78, 5) is 43.4. The fourth-order valence-electron chi connectivity index (χ4n) is 3.28. The summed E-state index contributed by atoms with van der Waals surface area (Å²) in [6.07, 6.45) is 2.58. The van der Waals surface area contributed by atoms with Crippen LogP contribution >= 0.6 is 27.3 Å². The highest BCUT2D eigenvalue weighted by atomic mass is 79.9. The van der Waals surface area contributed by atoms with Gasteiger partial charge in [-0.15, -0.1) is 11.3 Å². The van der Waals surface area contributed by atoms with E-state index in [-0.39, 0.29) is 17.8 Å². The molecule has 11 heteroatoms. The first-order valence-corrected chi connectivity index (χ1v) is 11.7. The van der Waals surface area contributed by atoms with Crippen molar-refractivity contribution in [2.45, 2.75) is 0 Å². The number of carbonyl (C=O) groups is 3. The molecule has 4 aromatic rings. The molecule has 0 unspecified atom stereocenters. The zero-order valence-electron chi connectivity index (χ0n) is 18.2. The van der Waals surface area contributed by atoms with E-state index < -0.39 is 5.91 Å². The van der Waals surface area contributed by atoms with Crippen molar-refractivity contribution in [1.82, 2.24) is 9.55 Å². The number of carbonyl (C=O) groups excluding carboxylic acids is 3. The molecule has 0 aliphatic carbocycles. The normalized spacial score (nSPS) is 10.9. The number of benzene rings is 2. The number of halogens is 1. The molecule has 9 nitrogen and oxygen atoms in total. The molecule has 0 spiro atoms. The number of nitrogens with zero attached hydrogens (tertiary/aromatic N) is 4. The smallest absolute Gasteiger partial charge is 0.268 e. The van der Waals surface area contributed by atoms with Gasteiger partial charge < -0.3 is 10.6 Å². The Bertz CT molecular complexity index is 1530. The molecule has 0 atom stereocenters. The Morgan fingerprint density at radius 3 is 2.54 bits per heavy atom. The maximum absolute atomic E-state index is 12.9. The number of nitrogens with two attached hydrogens (primary N) is 1. The van der Waals surface area contributed by atoms with Crippen molar-refractivity contribution >= 4 is 73.9 Å². The fraction of sp³-hybridized carbons (Fsp3) is 0.0417. The van der Waals surface area contributed by atoms with Crippen LogP contribution in [0.1, 0.15) is 25.6 Å². The number of fused-ring (bicyclic) bond motifs is 1. The molecule has 0 bridgehead atoms. The van der Waals surface area contributed by atoms with Crippen molar-refractivity contribution in [1.29, 1.82) is 5.26 Å². The molecule has 0 saturated heterocycles. The van der Waals surface area contributed by atoms with Crippen LogP contribution in [0.25, 0.3) is 17.2 Å². The van der Waals surface area contributed by atoms with Crippen LogP contribution in [-0.4, -0.2) is 34.3 Å². The van der Waals surface area contributed by atoms with Crippen LogP contribution in [0.5, 0.6) is 0 Å². The highest BCUT2D eigenvalue weighted by Crippen LogP contribution is 2.27. The van der Waals surface area contributed by atoms with E-state index in [0.29, 0.717) is 32.7 Å². The van der Waals surface area contributed by atoms with Gasteiger partial charge in [0.25, 0.3) is 11.8 Å². The van der Waals surface area contributed by atoms with E-state index >= 15 is 0 Å². The average Bonchev–Trinajstić information content (AvgIpc) is 3.44. The summed E-state index contributed by atoms with van der Waals surface area (Å²) in [5.41, 5.74) is 7.79. The topological polar surface area (TPSA) is 134 Å². The quantitative estimate of drug-likeness (QED) is 0.348. The largest absolute Gasteiger partial charge is 0.366 e. The van der Waals surface area contributed by atoms with Crippen LogP contribution in [0.2, 0.25) is 0 Å². The Morgan fingerprint density at radius 2 is 1.91 bits per heavy atom. The maximum atomic E-state index is 12.9. The number of rotatable bonds is 6. The van der Waals surface area contributed by atoms with Gasteiger partial charge in [0, 0.05) is 30.6 Å². The summed E-state index contributed by atoms with van der Waals surface area (Å²) in [7, 11) is 1.63. The molecular weight excluding hydrogens is 532 g/mol. The molecular formula is C24H17BrN6O3S. The number of imidazole rings is 1. The standard InChI is InChI=1S/C24H17BrN6O3S/c1-30(23(34)15-4-2-14(13-26)3-5-15)16-6-7-18-17(12-16)28-24(31(18)11-10-21(27)32)29-22(33)19-8-9-20(25)35-19/h2-12H,1H3,(H2,27,32)(H,28,29,33)/b11-10+. The predicted octanol–water partition coefficient (Wildman–Crippen LogP) is 4.22. The van der Waals surface area contributed by atoms with Crippen LogP contribution in [0.4, 0.5) is 11.6 Å². The van der Waals surface area contributed by atoms with Gasteiger partial charge >= 0.3 is 0 Å². The third kappa shape index (κ3) is 5.13. The number of primary amides is 1. The first-order valence-electron chi connectivity index (χ1n) is 10.1. The number of anilines is 2. The molecule has 0 aliphatic rings. The minimum atomic E-state index is -0.657. The summed E-state index contributed by atoms with van der Waals surface area (Å²) in [5.74, 6) is -1.10. The summed E-state index contributed by atoms with van der Waals surface area (Å²) in [5, 5.41) is 11.7. The van der Waals surface area contributed by atoms with E-state index in [1.807, 2.05) is 6.07 Å². The average molecular weight is 549 g/mol. The lowest BCUT2D eigenvalue weighted by atomic mass is 10.1. The van der Waals surface area contributed by atoms with Crippen molar-refractivity contribution in [2.75, 3.05) is 17.3 Å². The number of amides is 3. The number of aromatic nitrogens is 2. The van der Waals surface area contributed by atoms with Crippen molar-refractivity contribution in [3.05, 3.63) is 80.5 Å². The highest BCUT2D eigenvalue weighted by molar-refractivity contribution is 9.11. The Hall–Kier alpha value is -4.27. The maximum Gasteiger partial charge on any atom is 0.268 e. The number of hydrogen-bond acceptors (Lipinski definition) is 6. The van der Waals surface area contributed by atoms with Crippen LogP contribution in [-0.2, 0) is 4.79 Å². The van der Waals surface area contributed by atoms with E-state index in [2.05, 4.69) is 26.2 Å². The van der Waals surface area contributed by atoms with Crippen LogP contribution in [0.15, 0.2) is 64.5 Å². The first kappa shape index (κ1) is 23.9. The Balaban J connectivity index is 1.69. The van der Waals surface area contributed by atoms with E-state index in [0.717, 1.165) is 9.86 Å². The van der Waals surface area contributed by atoms with Crippen LogP contribution < -0.4 is 16.0 Å². The summed E-state index contributed by atoms with van der Waals surface area (Å²) in [6.45, 7) is 0. The zero-order valence-corrected chi connectivity index (χ0v) is 20.6. The molecule has 0 aliphatic heterocycles. The Labute approximate surface area is 212 Å². The monoisotopic (exact) mass is 548 g/mol. The SMILES string of the molecule is CN(C(=O)c1ccc(C#N)cc1)c1ccc2c(c1)nc(NC(=O)c1ccc(Br)s1)n2/C=C/C(N)=O. The van der Waals surface area contributed by atoms with Gasteiger partial charge in [-0.2, -0.15) is 5.26 Å². The van der Waals surface area contributed by atoms with Crippen LogP contribution in [0, 0.1) is 11.3 Å². The summed E-state index contributed by atoms with van der Waals surface area (Å²) >= 11 is 4.60. The molecule has 2 aromatic carbocycles. The fourth-order valence-corrected chi connectivity index (χ4v) is 4.56. The Morgan fingerprint density at radius 1 is 1.17 bits per heavy atom. The molecule has 3 N–H and O–H groups in total. The Kier molecular flexibility index (Phi) is 6.77. The highest BCUT2D eigenvalue weighted by Gasteiger charge is 2.18. The van der Waals surface area contributed by atoms with Gasteiger partial charge in [0.05, 0.1) is 31.3 Å². The lowest BCUT2D eigenvalue weighted by molar-refractivity contribution is -0.113. The molecule has 3 amide bonds. The molecule has 4 rings (SSSR count). The van der Waals surface area contributed by atoms with Gasteiger partial charge in [-0.3, -0.25) is 24.3 Å². The van der Waals surface area contributed by atoms with E-state index in [9.17, 15) is 14.4 Å². The predicted molar refractivity (Wildman–Crippen MR) is 138 cm³/mol. The first-order chi connectivity index (χ1) is 16.8. The molecule has 174 valence electrons. The van der Waals surface area contributed by atoms with Gasteiger partial charge in [-0.25, -0.2) is 4.98 Å². The molecule has 35 heavy (non-hydrogen) atoms. The van der Waals surface area contributed by atoms with Gasteiger partial charge in [-0.1, -0.05) is 0 Å². The second-order valence-electron chi connectivity index (χ2n) is 7.31. The number of nitriles is 1. The lowest BCUT2D eigenvalue weighted by Crippen LogP contribution is -2.26. The molecule has 2 aromatic heterocycles. The number of hydrogen-bond donors (Lipinski definition) is 2. The third-order valence-corrected chi connectivity index (χ3v) is 6.66. The second-order valence-corrected chi connectivity index (χ2v) is 9.77. The van der Waals surface area contributed by atoms with Gasteiger partial charge in [-0.05, 0) is 70.5 Å². The number of nitrogens with one attached hydrogen (secondary N) is 1. The lowest BCUT2D eigenvalue weighted by Gasteiger charge is -2.17. The van der Waals surface area contributed by atoms with Crippen molar-refractivity contribution in [2.24, 2.45) is 5.73 Å².